The zero-order valence-electron chi connectivity index (χ0n) is 8.08. The summed E-state index contributed by atoms with van der Waals surface area (Å²) >= 11 is 0. The summed E-state index contributed by atoms with van der Waals surface area (Å²) in [5.41, 5.74) is 2.39. The largest absolute Gasteiger partial charge is 0.300 e. The minimum absolute atomic E-state index is 0.198. The molecule has 0 fully saturated rings. The first-order valence-electron chi connectivity index (χ1n) is 4.41. The lowest BCUT2D eigenvalue weighted by Gasteiger charge is -1.94. The molecule has 0 aromatic heterocycles. The molecule has 0 aliphatic rings. The van der Waals surface area contributed by atoms with E-state index in [2.05, 4.69) is 19.1 Å². The molecule has 1 aromatic rings. The van der Waals surface area contributed by atoms with Gasteiger partial charge in [0.25, 0.3) is 0 Å². The van der Waals surface area contributed by atoms with Gasteiger partial charge < -0.3 is 0 Å². The maximum absolute atomic E-state index is 10.6. The van der Waals surface area contributed by atoms with E-state index in [0.29, 0.717) is 6.42 Å². The van der Waals surface area contributed by atoms with Crippen LogP contribution < -0.4 is 0 Å². The third-order valence-corrected chi connectivity index (χ3v) is 1.76. The molecule has 13 heavy (non-hydrogen) atoms. The lowest BCUT2D eigenvalue weighted by molar-refractivity contribution is -0.116. The molecule has 1 nitrogen and oxygen atoms in total. The minimum Gasteiger partial charge on any atom is -0.300 e. The molecule has 1 aromatic carbocycles. The van der Waals surface area contributed by atoms with Gasteiger partial charge in [-0.1, -0.05) is 42.0 Å². The summed E-state index contributed by atoms with van der Waals surface area (Å²) in [6.45, 7) is 3.66. The van der Waals surface area contributed by atoms with Crippen LogP contribution >= 0.6 is 0 Å². The van der Waals surface area contributed by atoms with Gasteiger partial charge >= 0.3 is 0 Å². The van der Waals surface area contributed by atoms with Crippen LogP contribution in [0.15, 0.2) is 30.3 Å². The Morgan fingerprint density at radius 3 is 2.85 bits per heavy atom. The quantitative estimate of drug-likeness (QED) is 0.688. The van der Waals surface area contributed by atoms with E-state index < -0.39 is 0 Å². The topological polar surface area (TPSA) is 17.1 Å². The molecule has 0 amide bonds. The van der Waals surface area contributed by atoms with Crippen LogP contribution in [-0.4, -0.2) is 5.78 Å². The third-order valence-electron chi connectivity index (χ3n) is 1.76. The number of ketones is 1. The Morgan fingerprint density at radius 1 is 1.46 bits per heavy atom. The van der Waals surface area contributed by atoms with E-state index in [1.165, 1.54) is 5.56 Å². The Labute approximate surface area is 79.1 Å². The second-order valence-corrected chi connectivity index (χ2v) is 3.22. The van der Waals surface area contributed by atoms with Crippen LogP contribution in [0, 0.1) is 6.92 Å². The third kappa shape index (κ3) is 3.70. The van der Waals surface area contributed by atoms with Crippen molar-refractivity contribution in [1.29, 1.82) is 0 Å². The number of Topliss-reactive ketones (excluding diaryl/α,β-unsaturated/α-hetero) is 1. The lowest BCUT2D eigenvalue weighted by atomic mass is 10.1. The highest BCUT2D eigenvalue weighted by Crippen LogP contribution is 2.06. The molecular weight excluding hydrogens is 160 g/mol. The molecule has 0 atom stereocenters. The summed E-state index contributed by atoms with van der Waals surface area (Å²) in [6, 6.07) is 8.20. The fourth-order valence-electron chi connectivity index (χ4n) is 1.13. The van der Waals surface area contributed by atoms with E-state index in [0.717, 1.165) is 5.56 Å². The van der Waals surface area contributed by atoms with Crippen molar-refractivity contribution >= 4 is 11.9 Å². The van der Waals surface area contributed by atoms with Gasteiger partial charge in [-0.05, 0) is 19.4 Å². The van der Waals surface area contributed by atoms with E-state index in [9.17, 15) is 4.79 Å². The Kier molecular flexibility index (Phi) is 3.44. The zero-order chi connectivity index (χ0) is 9.68. The van der Waals surface area contributed by atoms with Gasteiger partial charge in [0.15, 0.2) is 0 Å². The van der Waals surface area contributed by atoms with Gasteiger partial charge in [-0.15, -0.1) is 0 Å². The Hall–Kier alpha value is -1.37. The summed E-state index contributed by atoms with van der Waals surface area (Å²) in [5.74, 6) is 0.198. The molecule has 0 unspecified atom stereocenters. The molecule has 0 saturated carbocycles. The second-order valence-electron chi connectivity index (χ2n) is 3.22. The molecule has 0 radical (unpaired) electrons. The van der Waals surface area contributed by atoms with Gasteiger partial charge in [0.2, 0.25) is 0 Å². The van der Waals surface area contributed by atoms with Crippen molar-refractivity contribution in [2.75, 3.05) is 0 Å². The number of benzene rings is 1. The summed E-state index contributed by atoms with van der Waals surface area (Å²) in [6.07, 6.45) is 4.40. The SMILES string of the molecule is CC(=O)C/C=C/c1cccc(C)c1. The highest BCUT2D eigenvalue weighted by Gasteiger charge is 1.88. The number of allylic oxidation sites excluding steroid dienone is 1. The molecule has 1 heteroatoms. The Balaban J connectivity index is 2.63. The van der Waals surface area contributed by atoms with Crippen LogP contribution in [0.25, 0.3) is 6.08 Å². The van der Waals surface area contributed by atoms with Gasteiger partial charge in [0.05, 0.1) is 0 Å². The van der Waals surface area contributed by atoms with Crippen LogP contribution in [0.2, 0.25) is 0 Å². The summed E-state index contributed by atoms with van der Waals surface area (Å²) in [5, 5.41) is 0. The number of carbonyl (C=O) groups excluding carboxylic acids is 1. The number of rotatable bonds is 3. The fourth-order valence-corrected chi connectivity index (χ4v) is 1.13. The molecule has 0 aliphatic carbocycles. The molecule has 0 aliphatic heterocycles. The van der Waals surface area contributed by atoms with E-state index in [-0.39, 0.29) is 5.78 Å². The van der Waals surface area contributed by atoms with E-state index in [1.807, 2.05) is 24.3 Å². The van der Waals surface area contributed by atoms with E-state index in [4.69, 9.17) is 0 Å². The Bertz CT molecular complexity index is 324. The average Bonchev–Trinajstić information content (AvgIpc) is 2.03. The summed E-state index contributed by atoms with van der Waals surface area (Å²) < 4.78 is 0. The lowest BCUT2D eigenvalue weighted by Crippen LogP contribution is -1.83. The minimum atomic E-state index is 0.198. The molecule has 68 valence electrons. The van der Waals surface area contributed by atoms with Crippen molar-refractivity contribution in [3.63, 3.8) is 0 Å². The van der Waals surface area contributed by atoms with Crippen molar-refractivity contribution < 1.29 is 4.79 Å². The van der Waals surface area contributed by atoms with Gasteiger partial charge in [-0.25, -0.2) is 0 Å². The first-order chi connectivity index (χ1) is 6.18. The van der Waals surface area contributed by atoms with E-state index in [1.54, 1.807) is 6.92 Å². The number of hydrogen-bond donors (Lipinski definition) is 0. The highest BCUT2D eigenvalue weighted by atomic mass is 16.1. The maximum Gasteiger partial charge on any atom is 0.133 e. The molecule has 0 N–H and O–H groups in total. The maximum atomic E-state index is 10.6. The van der Waals surface area contributed by atoms with E-state index >= 15 is 0 Å². The first kappa shape index (κ1) is 9.72. The van der Waals surface area contributed by atoms with Gasteiger partial charge in [0, 0.05) is 6.42 Å². The van der Waals surface area contributed by atoms with Crippen LogP contribution in [0.5, 0.6) is 0 Å². The normalized spacial score (nSPS) is 10.6. The Morgan fingerprint density at radius 2 is 2.23 bits per heavy atom. The van der Waals surface area contributed by atoms with Gasteiger partial charge in [0.1, 0.15) is 5.78 Å². The average molecular weight is 174 g/mol. The fraction of sp³-hybridized carbons (Fsp3) is 0.250. The standard InChI is InChI=1S/C12H14O/c1-10-5-3-7-12(9-10)8-4-6-11(2)13/h3-5,7-9H,6H2,1-2H3/b8-4+. The summed E-state index contributed by atoms with van der Waals surface area (Å²) in [4.78, 5) is 10.6. The smallest absolute Gasteiger partial charge is 0.133 e. The molecule has 0 heterocycles. The molecular formula is C12H14O. The zero-order valence-corrected chi connectivity index (χ0v) is 8.08. The number of carbonyl (C=O) groups is 1. The monoisotopic (exact) mass is 174 g/mol. The predicted molar refractivity (Wildman–Crippen MR) is 55.5 cm³/mol. The van der Waals surface area contributed by atoms with Crippen molar-refractivity contribution in [1.82, 2.24) is 0 Å². The van der Waals surface area contributed by atoms with Crippen LogP contribution in [0.3, 0.4) is 0 Å². The van der Waals surface area contributed by atoms with Gasteiger partial charge in [-0.3, -0.25) is 4.79 Å². The number of hydrogen-bond acceptors (Lipinski definition) is 1. The van der Waals surface area contributed by atoms with Gasteiger partial charge in [-0.2, -0.15) is 0 Å². The van der Waals surface area contributed by atoms with Crippen molar-refractivity contribution in [3.05, 3.63) is 41.5 Å². The highest BCUT2D eigenvalue weighted by molar-refractivity contribution is 5.78. The molecule has 0 saturated heterocycles. The molecule has 0 spiro atoms. The predicted octanol–water partition coefficient (Wildman–Crippen LogP) is 2.99. The van der Waals surface area contributed by atoms with Crippen molar-refractivity contribution in [2.24, 2.45) is 0 Å². The summed E-state index contributed by atoms with van der Waals surface area (Å²) in [7, 11) is 0. The molecule has 1 rings (SSSR count). The van der Waals surface area contributed by atoms with Crippen molar-refractivity contribution in [2.45, 2.75) is 20.3 Å². The van der Waals surface area contributed by atoms with Crippen LogP contribution in [-0.2, 0) is 4.79 Å². The van der Waals surface area contributed by atoms with Crippen molar-refractivity contribution in [3.8, 4) is 0 Å². The number of aryl methyl sites for hydroxylation is 1. The second kappa shape index (κ2) is 4.61. The van der Waals surface area contributed by atoms with Crippen LogP contribution in [0.1, 0.15) is 24.5 Å². The molecule has 0 bridgehead atoms. The van der Waals surface area contributed by atoms with Crippen LogP contribution in [0.4, 0.5) is 0 Å². The first-order valence-corrected chi connectivity index (χ1v) is 4.41.